The van der Waals surface area contributed by atoms with E-state index in [1.165, 1.54) is 12.0 Å². The number of carboxylic acid groups (broad SMARTS) is 1. The van der Waals surface area contributed by atoms with Crippen molar-refractivity contribution < 1.29 is 39.8 Å². The molecule has 0 saturated heterocycles. The Kier molecular flexibility index (Phi) is 8.62. The molecule has 4 aliphatic carbocycles. The van der Waals surface area contributed by atoms with Gasteiger partial charge in [-0.1, -0.05) is 39.5 Å². The van der Waals surface area contributed by atoms with Crippen molar-refractivity contribution >= 4 is 5.97 Å². The molecule has 4 aliphatic rings. The Labute approximate surface area is 229 Å². The maximum atomic E-state index is 10.2. The van der Waals surface area contributed by atoms with Crippen molar-refractivity contribution in [1.82, 2.24) is 9.78 Å². The Morgan fingerprint density at radius 2 is 2.03 bits per heavy atom. The molecule has 0 amide bonds. The molecule has 7 heteroatoms. The first-order chi connectivity index (χ1) is 16.5. The van der Waals surface area contributed by atoms with E-state index in [2.05, 4.69) is 51.5 Å². The van der Waals surface area contributed by atoms with Gasteiger partial charge in [-0.25, -0.2) is 0 Å². The number of ether oxygens (including phenoxy) is 1. The molecule has 0 spiro atoms. The van der Waals surface area contributed by atoms with E-state index < -0.39 is 5.97 Å². The molecule has 6 nitrogen and oxygen atoms in total. The van der Waals surface area contributed by atoms with E-state index in [0.29, 0.717) is 35.5 Å². The third-order valence-electron chi connectivity index (χ3n) is 9.52. The van der Waals surface area contributed by atoms with Gasteiger partial charge in [0.1, 0.15) is 5.60 Å². The van der Waals surface area contributed by atoms with Crippen LogP contribution in [0.3, 0.4) is 0 Å². The summed E-state index contributed by atoms with van der Waals surface area (Å²) in [6, 6.07) is 0. The number of nitrogens with zero attached hydrogens (tertiary/aromatic N) is 2. The van der Waals surface area contributed by atoms with Crippen LogP contribution in [0.2, 0.25) is 0 Å². The summed E-state index contributed by atoms with van der Waals surface area (Å²) in [6.45, 7) is 14.0. The molecule has 201 valence electrons. The average Bonchev–Trinajstić information content (AvgIpc) is 3.03. The van der Waals surface area contributed by atoms with E-state index in [0.717, 1.165) is 35.0 Å². The topological polar surface area (TPSA) is 84.6 Å². The third kappa shape index (κ3) is 4.97. The average molecular weight is 675 g/mol. The summed E-state index contributed by atoms with van der Waals surface area (Å²) in [5.74, 6) is 3.05. The normalized spacial score (nSPS) is 35.5. The summed E-state index contributed by atoms with van der Waals surface area (Å²) in [4.78, 5) is 10.2. The molecular weight excluding hydrogens is 633 g/mol. The predicted molar refractivity (Wildman–Crippen MR) is 137 cm³/mol. The quantitative estimate of drug-likeness (QED) is 0.439. The molecule has 6 unspecified atom stereocenters. The number of aliphatic hydroxyl groups is 1. The van der Waals surface area contributed by atoms with Crippen LogP contribution in [0.4, 0.5) is 0 Å². The first kappa shape index (κ1) is 29.0. The van der Waals surface area contributed by atoms with Crippen LogP contribution in [-0.4, -0.2) is 45.3 Å². The largest absolute Gasteiger partial charge is 0.481 e. The molecule has 7 atom stereocenters. The first-order valence-corrected chi connectivity index (χ1v) is 12.9. The summed E-state index contributed by atoms with van der Waals surface area (Å²) in [5, 5.41) is 22.3. The number of aryl methyl sites for hydroxylation is 2. The van der Waals surface area contributed by atoms with Gasteiger partial charge >= 0.3 is 5.97 Å². The number of allylic oxidation sites excluding steroid dienone is 1. The van der Waals surface area contributed by atoms with E-state index in [1.54, 1.807) is 10.9 Å². The van der Waals surface area contributed by atoms with E-state index in [-0.39, 0.29) is 38.7 Å². The minimum atomic E-state index is -0.770. The summed E-state index contributed by atoms with van der Waals surface area (Å²) in [7, 11) is 3.64. The molecule has 2 fully saturated rings. The molecule has 1 aromatic heterocycles. The standard InChI is InChI=1S/C22H32O2.C7H10N2O2.Ir/c1-12-7-17-19-13(2)8-18-20(21(18,4)5)16(19)9-15(11-23)10-22(17,24-6)14(12)3;1-9-5-6(4-8-9)2-3-7(10)11;/h7,9,13,16-20,23H,3,8,10-11H2,1-2,4-6H3;4-5H,2-3H2,1H3,(H,10,11);/t13-,16?,17?,18?,19?,20?,22?;;/m1../s1. The number of hydrogen-bond acceptors (Lipinski definition) is 4. The molecule has 0 bridgehead atoms. The molecule has 2 saturated carbocycles. The fourth-order valence-electron chi connectivity index (χ4n) is 7.63. The van der Waals surface area contributed by atoms with Crippen LogP contribution < -0.4 is 0 Å². The van der Waals surface area contributed by atoms with Crippen LogP contribution >= 0.6 is 0 Å². The predicted octanol–water partition coefficient (Wildman–Crippen LogP) is 4.81. The van der Waals surface area contributed by atoms with Gasteiger partial charge < -0.3 is 14.9 Å². The number of carbonyl (C=O) groups is 1. The van der Waals surface area contributed by atoms with Gasteiger partial charge in [0.2, 0.25) is 0 Å². The maximum Gasteiger partial charge on any atom is 0.303 e. The molecule has 0 aromatic carbocycles. The van der Waals surface area contributed by atoms with Crippen molar-refractivity contribution in [2.45, 2.75) is 59.0 Å². The zero-order valence-corrected chi connectivity index (χ0v) is 24.8. The van der Waals surface area contributed by atoms with Crippen LogP contribution in [0.5, 0.6) is 0 Å². The van der Waals surface area contributed by atoms with Gasteiger partial charge in [0.25, 0.3) is 0 Å². The van der Waals surface area contributed by atoms with Gasteiger partial charge in [-0.15, -0.1) is 0 Å². The van der Waals surface area contributed by atoms with Crippen molar-refractivity contribution in [2.75, 3.05) is 13.7 Å². The van der Waals surface area contributed by atoms with E-state index in [1.807, 2.05) is 20.4 Å². The van der Waals surface area contributed by atoms with Crippen molar-refractivity contribution in [2.24, 2.45) is 48.0 Å². The number of fused-ring (bicyclic) bond motifs is 5. The number of carboxylic acids is 1. The Hall–Kier alpha value is -1.53. The fourth-order valence-corrected chi connectivity index (χ4v) is 7.63. The van der Waals surface area contributed by atoms with Crippen LogP contribution in [0, 0.1) is 40.9 Å². The van der Waals surface area contributed by atoms with Crippen LogP contribution in [-0.2, 0) is 43.1 Å². The molecule has 1 heterocycles. The number of hydrogen-bond donors (Lipinski definition) is 2. The summed E-state index contributed by atoms with van der Waals surface area (Å²) in [5.41, 5.74) is 4.62. The second-order valence-electron chi connectivity index (χ2n) is 11.8. The van der Waals surface area contributed by atoms with E-state index in [9.17, 15) is 9.90 Å². The van der Waals surface area contributed by atoms with Crippen molar-refractivity contribution in [1.29, 1.82) is 0 Å². The smallest absolute Gasteiger partial charge is 0.303 e. The number of rotatable bonds is 5. The second-order valence-corrected chi connectivity index (χ2v) is 11.8. The zero-order valence-electron chi connectivity index (χ0n) is 22.5. The summed E-state index contributed by atoms with van der Waals surface area (Å²) >= 11 is 0. The molecule has 0 aliphatic heterocycles. The molecule has 5 rings (SSSR count). The summed E-state index contributed by atoms with van der Waals surface area (Å²) < 4.78 is 7.86. The Bertz CT molecular complexity index is 1060. The van der Waals surface area contributed by atoms with Crippen LogP contribution in [0.25, 0.3) is 0 Å². The van der Waals surface area contributed by atoms with Gasteiger partial charge in [0.15, 0.2) is 0 Å². The van der Waals surface area contributed by atoms with Gasteiger partial charge in [-0.2, -0.15) is 5.10 Å². The Balaban J connectivity index is 0.000000256. The number of methoxy groups -OCH3 is 1. The monoisotopic (exact) mass is 675 g/mol. The molecule has 2 N–H and O–H groups in total. The number of aromatic nitrogens is 2. The third-order valence-corrected chi connectivity index (χ3v) is 9.52. The summed E-state index contributed by atoms with van der Waals surface area (Å²) in [6.07, 6.45) is 11.2. The van der Waals surface area contributed by atoms with Gasteiger partial charge in [-0.05, 0) is 77.1 Å². The minimum absolute atomic E-state index is 0. The van der Waals surface area contributed by atoms with E-state index >= 15 is 0 Å². The minimum Gasteiger partial charge on any atom is -0.481 e. The Morgan fingerprint density at radius 3 is 2.58 bits per heavy atom. The van der Waals surface area contributed by atoms with Crippen molar-refractivity contribution in [3.05, 3.63) is 53.4 Å². The molecule has 1 radical (unpaired) electrons. The first-order valence-electron chi connectivity index (χ1n) is 12.9. The number of aliphatic carboxylic acids is 1. The van der Waals surface area contributed by atoms with Crippen LogP contribution in [0.1, 0.15) is 52.5 Å². The maximum absolute atomic E-state index is 10.2. The molecular formula is C29H42IrN2O4. The molecule has 36 heavy (non-hydrogen) atoms. The van der Waals surface area contributed by atoms with Gasteiger partial charge in [0.05, 0.1) is 12.8 Å². The SMILES string of the molecule is C=C1C(C)=CC2C3C(C=C(CO)CC12OC)C1C(C[C@H]3C)C1(C)C.Cn1cc(CCC(=O)O)cn1.[Ir]. The van der Waals surface area contributed by atoms with Gasteiger partial charge in [0, 0.05) is 59.2 Å². The van der Waals surface area contributed by atoms with E-state index in [4.69, 9.17) is 9.84 Å². The van der Waals surface area contributed by atoms with Crippen LogP contribution in [0.15, 0.2) is 47.8 Å². The second kappa shape index (κ2) is 10.7. The Morgan fingerprint density at radius 1 is 1.33 bits per heavy atom. The number of aliphatic hydroxyl groups excluding tert-OH is 1. The zero-order chi connectivity index (χ0) is 25.7. The van der Waals surface area contributed by atoms with Crippen molar-refractivity contribution in [3.63, 3.8) is 0 Å². The molecule has 1 aromatic rings. The fraction of sp³-hybridized carbons (Fsp3) is 0.655. The van der Waals surface area contributed by atoms with Crippen molar-refractivity contribution in [3.8, 4) is 0 Å². The van der Waals surface area contributed by atoms with Gasteiger partial charge in [-0.3, -0.25) is 9.48 Å².